The van der Waals surface area contributed by atoms with Gasteiger partial charge >= 0.3 is 0 Å². The summed E-state index contributed by atoms with van der Waals surface area (Å²) in [4.78, 5) is 0. The Morgan fingerprint density at radius 3 is 2.47 bits per heavy atom. The molecule has 0 aromatic heterocycles. The highest BCUT2D eigenvalue weighted by atomic mass is 14.2. The van der Waals surface area contributed by atoms with Gasteiger partial charge < -0.3 is 0 Å². The van der Waals surface area contributed by atoms with Gasteiger partial charge in [-0.15, -0.1) is 0 Å². The number of nitrogens with zero attached hydrogens (tertiary/aromatic N) is 1. The molecule has 89 valence electrons. The summed E-state index contributed by atoms with van der Waals surface area (Å²) in [6.45, 7) is 2.13. The maximum absolute atomic E-state index is 8.84. The molecule has 1 nitrogen and oxygen atoms in total. The van der Waals surface area contributed by atoms with Crippen molar-refractivity contribution in [1.29, 1.82) is 5.26 Å². The lowest BCUT2D eigenvalue weighted by Gasteiger charge is -2.09. The molecule has 0 saturated heterocycles. The van der Waals surface area contributed by atoms with Crippen molar-refractivity contribution in [1.82, 2.24) is 0 Å². The molecule has 1 radical (unpaired) electrons. The fourth-order valence-electron chi connectivity index (χ4n) is 2.36. The van der Waals surface area contributed by atoms with Gasteiger partial charge in [0.05, 0.1) is 11.6 Å². The molecule has 0 saturated carbocycles. The molecule has 0 N–H and O–H groups in total. The van der Waals surface area contributed by atoms with E-state index in [1.54, 1.807) is 0 Å². The van der Waals surface area contributed by atoms with Crippen molar-refractivity contribution in [2.45, 2.75) is 6.92 Å². The van der Waals surface area contributed by atoms with Crippen molar-refractivity contribution in [2.75, 3.05) is 0 Å². The normalized spacial score (nSPS) is 10.3. The Labute approximate surface area is 112 Å². The van der Waals surface area contributed by atoms with Gasteiger partial charge in [0.25, 0.3) is 0 Å². The van der Waals surface area contributed by atoms with E-state index in [2.05, 4.69) is 31.2 Å². The topological polar surface area (TPSA) is 23.8 Å². The third-order valence-electron chi connectivity index (χ3n) is 3.43. The molecule has 0 aliphatic carbocycles. The molecule has 0 spiro atoms. The van der Waals surface area contributed by atoms with E-state index in [0.29, 0.717) is 5.56 Å². The molecule has 1 heteroatoms. The van der Waals surface area contributed by atoms with Gasteiger partial charge in [0.2, 0.25) is 0 Å². The van der Waals surface area contributed by atoms with E-state index < -0.39 is 0 Å². The first-order valence-electron chi connectivity index (χ1n) is 6.20. The molecule has 3 aromatic rings. The van der Waals surface area contributed by atoms with Gasteiger partial charge in [-0.2, -0.15) is 5.26 Å². The number of rotatable bonds is 1. The fourth-order valence-corrected chi connectivity index (χ4v) is 2.36. The minimum Gasteiger partial charge on any atom is -0.192 e. The average Bonchev–Trinajstić information content (AvgIpc) is 2.48. The summed E-state index contributed by atoms with van der Waals surface area (Å²) in [5.74, 6) is 0. The third-order valence-corrected chi connectivity index (χ3v) is 3.43. The number of fused-ring (bicyclic) bond motifs is 1. The molecule has 0 amide bonds. The lowest BCUT2D eigenvalue weighted by molar-refractivity contribution is 1.47. The van der Waals surface area contributed by atoms with Crippen molar-refractivity contribution in [3.05, 3.63) is 71.8 Å². The number of benzene rings is 3. The maximum Gasteiger partial charge on any atom is 0.0991 e. The predicted molar refractivity (Wildman–Crippen MR) is 77.7 cm³/mol. The highest BCUT2D eigenvalue weighted by Gasteiger charge is 2.05. The smallest absolute Gasteiger partial charge is 0.0991 e. The van der Waals surface area contributed by atoms with Crippen LogP contribution in [0.15, 0.2) is 54.6 Å². The zero-order valence-corrected chi connectivity index (χ0v) is 10.6. The SMILES string of the molecule is Cc1c(-c2ccc(C#N)cc2)c[c]c2ccccc12. The Balaban J connectivity index is 2.19. The fraction of sp³-hybridized carbons (Fsp3) is 0.0556. The van der Waals surface area contributed by atoms with E-state index in [0.717, 1.165) is 10.9 Å². The summed E-state index contributed by atoms with van der Waals surface area (Å²) in [5.41, 5.74) is 4.23. The predicted octanol–water partition coefficient (Wildman–Crippen LogP) is 4.49. The van der Waals surface area contributed by atoms with E-state index in [4.69, 9.17) is 5.26 Å². The van der Waals surface area contributed by atoms with Gasteiger partial charge in [-0.3, -0.25) is 0 Å². The van der Waals surface area contributed by atoms with E-state index in [9.17, 15) is 0 Å². The van der Waals surface area contributed by atoms with Gasteiger partial charge in [0, 0.05) is 0 Å². The molecule has 19 heavy (non-hydrogen) atoms. The first-order valence-corrected chi connectivity index (χ1v) is 6.20. The molecule has 0 heterocycles. The van der Waals surface area contributed by atoms with Crippen molar-refractivity contribution in [3.8, 4) is 17.2 Å². The first kappa shape index (κ1) is 11.5. The summed E-state index contributed by atoms with van der Waals surface area (Å²) in [6.07, 6.45) is 0. The van der Waals surface area contributed by atoms with Crippen molar-refractivity contribution < 1.29 is 0 Å². The quantitative estimate of drug-likeness (QED) is 0.617. The highest BCUT2D eigenvalue weighted by molar-refractivity contribution is 5.91. The second-order valence-corrected chi connectivity index (χ2v) is 4.56. The summed E-state index contributed by atoms with van der Waals surface area (Å²) in [7, 11) is 0. The van der Waals surface area contributed by atoms with Crippen molar-refractivity contribution in [2.24, 2.45) is 0 Å². The van der Waals surface area contributed by atoms with Gasteiger partial charge in [0.15, 0.2) is 0 Å². The van der Waals surface area contributed by atoms with E-state index in [-0.39, 0.29) is 0 Å². The van der Waals surface area contributed by atoms with Crippen molar-refractivity contribution >= 4 is 10.8 Å². The van der Waals surface area contributed by atoms with Crippen LogP contribution in [0.4, 0.5) is 0 Å². The highest BCUT2D eigenvalue weighted by Crippen LogP contribution is 2.29. The van der Waals surface area contributed by atoms with Crippen LogP contribution in [0.2, 0.25) is 0 Å². The molecule has 3 aromatic carbocycles. The monoisotopic (exact) mass is 242 g/mol. The number of nitriles is 1. The zero-order chi connectivity index (χ0) is 13.2. The average molecular weight is 242 g/mol. The Kier molecular flexibility index (Phi) is 2.78. The summed E-state index contributed by atoms with van der Waals surface area (Å²) in [5, 5.41) is 11.2. The van der Waals surface area contributed by atoms with Crippen molar-refractivity contribution in [3.63, 3.8) is 0 Å². The summed E-state index contributed by atoms with van der Waals surface area (Å²) < 4.78 is 0. The lowest BCUT2D eigenvalue weighted by Crippen LogP contribution is -1.86. The van der Waals surface area contributed by atoms with Crippen LogP contribution in [0.5, 0.6) is 0 Å². The van der Waals surface area contributed by atoms with Crippen LogP contribution in [-0.2, 0) is 0 Å². The van der Waals surface area contributed by atoms with Crippen LogP contribution in [-0.4, -0.2) is 0 Å². The molecule has 0 aliphatic rings. The summed E-state index contributed by atoms with van der Waals surface area (Å²) in [6, 6.07) is 23.4. The van der Waals surface area contributed by atoms with Gasteiger partial charge in [-0.25, -0.2) is 0 Å². The molecular weight excluding hydrogens is 230 g/mol. The molecule has 0 aliphatic heterocycles. The standard InChI is InChI=1S/C18H12N/c1-13-17-5-3-2-4-15(17)10-11-18(13)16-8-6-14(12-19)7-9-16/h2-9,11H,1H3. The van der Waals surface area contributed by atoms with E-state index in [1.807, 2.05) is 42.5 Å². The maximum atomic E-state index is 8.84. The van der Waals surface area contributed by atoms with Crippen LogP contribution in [0.1, 0.15) is 11.1 Å². The molecular formula is C18H12N. The van der Waals surface area contributed by atoms with Crippen LogP contribution in [0.3, 0.4) is 0 Å². The van der Waals surface area contributed by atoms with Crippen LogP contribution < -0.4 is 0 Å². The minimum absolute atomic E-state index is 0.686. The minimum atomic E-state index is 0.686. The van der Waals surface area contributed by atoms with Gasteiger partial charge in [0.1, 0.15) is 0 Å². The summed E-state index contributed by atoms with van der Waals surface area (Å²) >= 11 is 0. The molecule has 0 atom stereocenters. The van der Waals surface area contributed by atoms with Gasteiger partial charge in [-0.1, -0.05) is 36.4 Å². The lowest BCUT2D eigenvalue weighted by atomic mass is 9.95. The number of hydrogen-bond acceptors (Lipinski definition) is 1. The second kappa shape index (κ2) is 4.59. The molecule has 0 unspecified atom stereocenters. The van der Waals surface area contributed by atoms with Crippen LogP contribution in [0, 0.1) is 24.3 Å². The zero-order valence-electron chi connectivity index (χ0n) is 10.6. The van der Waals surface area contributed by atoms with E-state index in [1.165, 1.54) is 16.5 Å². The first-order chi connectivity index (χ1) is 9.29. The Bertz CT molecular complexity index is 777. The third kappa shape index (κ3) is 1.98. The second-order valence-electron chi connectivity index (χ2n) is 4.56. The van der Waals surface area contributed by atoms with E-state index >= 15 is 0 Å². The van der Waals surface area contributed by atoms with Crippen LogP contribution >= 0.6 is 0 Å². The number of aryl methyl sites for hydroxylation is 1. The largest absolute Gasteiger partial charge is 0.192 e. The Morgan fingerprint density at radius 2 is 1.74 bits per heavy atom. The Morgan fingerprint density at radius 1 is 1.00 bits per heavy atom. The molecule has 0 bridgehead atoms. The van der Waals surface area contributed by atoms with Crippen LogP contribution in [0.25, 0.3) is 21.9 Å². The Hall–Kier alpha value is -2.59. The molecule has 0 fully saturated rings. The number of hydrogen-bond donors (Lipinski definition) is 0. The van der Waals surface area contributed by atoms with Gasteiger partial charge in [-0.05, 0) is 58.7 Å². The molecule has 3 rings (SSSR count).